The fourth-order valence-corrected chi connectivity index (χ4v) is 13.5. The number of ether oxygens (including phenoxy) is 5. The van der Waals surface area contributed by atoms with Crippen LogP contribution < -0.4 is 5.32 Å². The predicted molar refractivity (Wildman–Crippen MR) is 228 cm³/mol. The van der Waals surface area contributed by atoms with E-state index in [1.165, 1.54) is 97.2 Å². The fraction of sp³-hybridized carbons (Fsp3) is 0.872. The third-order valence-electron chi connectivity index (χ3n) is 15.0. The summed E-state index contributed by atoms with van der Waals surface area (Å²) in [5.74, 6) is 3.83. The molecule has 1 aliphatic heterocycles. The minimum absolute atomic E-state index is 0.188. The number of rotatable bonds is 19. The molecule has 4 fully saturated rings. The van der Waals surface area contributed by atoms with Crippen molar-refractivity contribution in [1.29, 1.82) is 0 Å². The van der Waals surface area contributed by atoms with Crippen molar-refractivity contribution < 1.29 is 42.9 Å². The van der Waals surface area contributed by atoms with Crippen LogP contribution in [0.25, 0.3) is 0 Å². The highest BCUT2D eigenvalue weighted by atomic mass is 32.2. The molecule has 4 aliphatic carbocycles. The Bertz CT molecular complexity index is 1440. The van der Waals surface area contributed by atoms with Crippen molar-refractivity contribution in [2.45, 2.75) is 195 Å². The molecule has 1 saturated heterocycles. The summed E-state index contributed by atoms with van der Waals surface area (Å²) in [5.41, 5.74) is 1.93. The van der Waals surface area contributed by atoms with Gasteiger partial charge in [0.2, 0.25) is 5.91 Å². The summed E-state index contributed by atoms with van der Waals surface area (Å²) in [6, 6.07) is -0.772. The average molecular weight is 832 g/mol. The first-order valence-electron chi connectivity index (χ1n) is 22.9. The summed E-state index contributed by atoms with van der Waals surface area (Å²) in [6.45, 7) is 18.4. The largest absolute Gasteiger partial charge is 0.463 e. The molecule has 58 heavy (non-hydrogen) atoms. The van der Waals surface area contributed by atoms with E-state index in [2.05, 4.69) is 46.0 Å². The molecule has 11 heteroatoms. The van der Waals surface area contributed by atoms with Gasteiger partial charge in [0.25, 0.3) is 0 Å². The first-order chi connectivity index (χ1) is 27.5. The molecule has 5 aliphatic rings. The van der Waals surface area contributed by atoms with Crippen LogP contribution in [-0.4, -0.2) is 78.7 Å². The molecule has 0 aromatic heterocycles. The normalized spacial score (nSPS) is 36.1. The van der Waals surface area contributed by atoms with Crippen LogP contribution in [0.15, 0.2) is 11.6 Å². The molecule has 0 aromatic carbocycles. The van der Waals surface area contributed by atoms with Crippen molar-refractivity contribution in [3.8, 4) is 0 Å². The van der Waals surface area contributed by atoms with E-state index in [0.717, 1.165) is 86.4 Å². The molecular weight excluding hydrogens is 755 g/mol. The van der Waals surface area contributed by atoms with Crippen LogP contribution in [-0.2, 0) is 42.9 Å². The van der Waals surface area contributed by atoms with Gasteiger partial charge in [0, 0.05) is 34.3 Å². The Morgan fingerprint density at radius 2 is 1.57 bits per heavy atom. The Hall–Kier alpha value is -2.11. The van der Waals surface area contributed by atoms with Gasteiger partial charge in [0.05, 0.1) is 6.10 Å². The predicted octanol–water partition coefficient (Wildman–Crippen LogP) is 9.36. The molecule has 10 nitrogen and oxygen atoms in total. The molecular formula is C47H77NO9S. The van der Waals surface area contributed by atoms with Gasteiger partial charge in [-0.2, -0.15) is 0 Å². The Kier molecular flexibility index (Phi) is 17.1. The molecule has 0 radical (unpaired) electrons. The zero-order valence-electron chi connectivity index (χ0n) is 37.3. The average Bonchev–Trinajstić information content (AvgIpc) is 3.50. The molecule has 13 atom stereocenters. The quantitative estimate of drug-likeness (QED) is 0.0583. The Morgan fingerprint density at radius 1 is 0.845 bits per heavy atom. The van der Waals surface area contributed by atoms with Gasteiger partial charge in [-0.05, 0) is 116 Å². The van der Waals surface area contributed by atoms with Gasteiger partial charge >= 0.3 is 17.9 Å². The summed E-state index contributed by atoms with van der Waals surface area (Å²) in [5, 5.41) is 2.85. The molecule has 1 amide bonds. The molecule has 5 rings (SSSR count). The number of carbonyl (C=O) groups excluding carboxylic acids is 4. The Labute approximate surface area is 354 Å². The van der Waals surface area contributed by atoms with Gasteiger partial charge in [-0.25, -0.2) is 0 Å². The number of fused-ring (bicyclic) bond motifs is 5. The zero-order valence-corrected chi connectivity index (χ0v) is 38.1. The van der Waals surface area contributed by atoms with Crippen molar-refractivity contribution in [3.63, 3.8) is 0 Å². The molecule has 0 bridgehead atoms. The number of nitrogens with one attached hydrogen (secondary N) is 1. The smallest absolute Gasteiger partial charge is 0.303 e. The second-order valence-corrected chi connectivity index (χ2v) is 20.7. The van der Waals surface area contributed by atoms with E-state index in [0.29, 0.717) is 16.9 Å². The summed E-state index contributed by atoms with van der Waals surface area (Å²) in [7, 11) is 0. The number of carbonyl (C=O) groups is 4. The number of hydrogen-bond acceptors (Lipinski definition) is 10. The van der Waals surface area contributed by atoms with Gasteiger partial charge in [0.1, 0.15) is 24.2 Å². The van der Waals surface area contributed by atoms with Gasteiger partial charge < -0.3 is 29.0 Å². The van der Waals surface area contributed by atoms with E-state index in [1.54, 1.807) is 5.57 Å². The standard InChI is InChI=1S/C47H77NO9S/c1-29(2)15-14-16-30(3)38-19-20-39-37-18-17-35-27-36(21-23-46(35,8)40(37)22-24-47(38,39)9)53-25-12-10-11-13-26-58-45-42(48-31(4)49)44(56-34(7)52)43(55-33(6)51)41(57-45)28-54-32(5)50/h17,29-30,36-45H,10-16,18-28H2,1-9H3,(H,48,49)/t30-,36+,37+,38-,39+,40+,41-,42-,43-,44-,45+,46+,47-/m1/s1. The third-order valence-corrected chi connectivity index (χ3v) is 16.3. The highest BCUT2D eigenvalue weighted by Crippen LogP contribution is 2.67. The Balaban J connectivity index is 1.06. The van der Waals surface area contributed by atoms with E-state index in [4.69, 9.17) is 23.7 Å². The van der Waals surface area contributed by atoms with E-state index in [1.807, 2.05) is 0 Å². The molecule has 3 saturated carbocycles. The number of hydrogen-bond donors (Lipinski definition) is 1. The second-order valence-electron chi connectivity index (χ2n) is 19.5. The second kappa shape index (κ2) is 21.1. The minimum Gasteiger partial charge on any atom is -0.463 e. The van der Waals surface area contributed by atoms with E-state index < -0.39 is 47.7 Å². The third kappa shape index (κ3) is 11.6. The van der Waals surface area contributed by atoms with Gasteiger partial charge in [-0.15, -0.1) is 11.8 Å². The maximum absolute atomic E-state index is 12.3. The molecule has 1 heterocycles. The van der Waals surface area contributed by atoms with E-state index in [-0.39, 0.29) is 12.5 Å². The summed E-state index contributed by atoms with van der Waals surface area (Å²) in [6.07, 6.45) is 18.7. The SMILES string of the molecule is CC(=O)N[C@@H]1[C@@H](OC(C)=O)[C@H](OC(C)=O)[C@@H](COC(C)=O)O[C@H]1SCCCCCCO[C@H]1CC[C@@]2(C)C(=CC[C@H]3[C@@H]4CC[C@H]([C@H](C)CCCC(C)C)[C@@]4(C)CC[C@@H]32)C1. The fourth-order valence-electron chi connectivity index (χ4n) is 12.2. The first-order valence-corrected chi connectivity index (χ1v) is 23.9. The maximum atomic E-state index is 12.3. The topological polar surface area (TPSA) is 126 Å². The lowest BCUT2D eigenvalue weighted by molar-refractivity contribution is -0.211. The highest BCUT2D eigenvalue weighted by molar-refractivity contribution is 7.99. The van der Waals surface area contributed by atoms with Crippen LogP contribution in [0.2, 0.25) is 0 Å². The van der Waals surface area contributed by atoms with E-state index >= 15 is 0 Å². The first kappa shape index (κ1) is 46.9. The van der Waals surface area contributed by atoms with Crippen molar-refractivity contribution >= 4 is 35.6 Å². The van der Waals surface area contributed by atoms with E-state index in [9.17, 15) is 19.2 Å². The van der Waals surface area contributed by atoms with Crippen LogP contribution in [0.1, 0.15) is 159 Å². The van der Waals surface area contributed by atoms with Gasteiger partial charge in [-0.1, -0.05) is 78.4 Å². The van der Waals surface area contributed by atoms with Crippen LogP contribution in [0.3, 0.4) is 0 Å². The number of esters is 3. The number of amides is 1. The molecule has 1 N–H and O–H groups in total. The lowest BCUT2D eigenvalue weighted by atomic mass is 9.47. The number of allylic oxidation sites excluding steroid dienone is 1. The Morgan fingerprint density at radius 3 is 2.26 bits per heavy atom. The molecule has 0 unspecified atom stereocenters. The minimum atomic E-state index is -1.07. The van der Waals surface area contributed by atoms with Gasteiger partial charge in [0.15, 0.2) is 12.2 Å². The summed E-state index contributed by atoms with van der Waals surface area (Å²) < 4.78 is 29.2. The van der Waals surface area contributed by atoms with Crippen LogP contribution in [0, 0.1) is 46.3 Å². The van der Waals surface area contributed by atoms with Crippen LogP contribution in [0.5, 0.6) is 0 Å². The van der Waals surface area contributed by atoms with Crippen molar-refractivity contribution in [2.75, 3.05) is 19.0 Å². The monoisotopic (exact) mass is 832 g/mol. The maximum Gasteiger partial charge on any atom is 0.303 e. The van der Waals surface area contributed by atoms with Crippen molar-refractivity contribution in [2.24, 2.45) is 46.3 Å². The number of unbranched alkanes of at least 4 members (excludes halogenated alkanes) is 3. The summed E-state index contributed by atoms with van der Waals surface area (Å²) >= 11 is 1.50. The highest BCUT2D eigenvalue weighted by Gasteiger charge is 2.59. The van der Waals surface area contributed by atoms with Gasteiger partial charge in [-0.3, -0.25) is 19.2 Å². The summed E-state index contributed by atoms with van der Waals surface area (Å²) in [4.78, 5) is 48.1. The van der Waals surface area contributed by atoms with Crippen LogP contribution >= 0.6 is 11.8 Å². The van der Waals surface area contributed by atoms with Crippen molar-refractivity contribution in [3.05, 3.63) is 11.6 Å². The number of thioether (sulfide) groups is 1. The molecule has 0 aromatic rings. The molecule has 330 valence electrons. The lowest BCUT2D eigenvalue weighted by Gasteiger charge is -2.58. The van der Waals surface area contributed by atoms with Crippen LogP contribution in [0.4, 0.5) is 0 Å². The van der Waals surface area contributed by atoms with Crippen molar-refractivity contribution in [1.82, 2.24) is 5.32 Å². The zero-order chi connectivity index (χ0) is 42.2. The molecule has 0 spiro atoms. The lowest BCUT2D eigenvalue weighted by Crippen LogP contribution is -2.65.